The van der Waals surface area contributed by atoms with Gasteiger partial charge in [-0.05, 0) is 69.1 Å². The lowest BCUT2D eigenvalue weighted by Crippen LogP contribution is -2.51. The van der Waals surface area contributed by atoms with Gasteiger partial charge in [-0.25, -0.2) is 0 Å². The second kappa shape index (κ2) is 9.33. The van der Waals surface area contributed by atoms with Crippen LogP contribution in [0.2, 0.25) is 0 Å². The fourth-order valence-electron chi connectivity index (χ4n) is 7.61. The molecule has 0 aliphatic heterocycles. The Hall–Kier alpha value is -2.00. The normalized spacial score (nSPS) is 35.4. The molecule has 0 radical (unpaired) electrons. The van der Waals surface area contributed by atoms with Crippen molar-refractivity contribution in [2.75, 3.05) is 0 Å². The molecule has 180 valence electrons. The number of rotatable bonds is 8. The third-order valence-corrected chi connectivity index (χ3v) is 9.24. The third kappa shape index (κ3) is 4.67. The Morgan fingerprint density at radius 3 is 2.85 bits per heavy atom. The van der Waals surface area contributed by atoms with Crippen LogP contribution in [0.3, 0.4) is 0 Å². The minimum atomic E-state index is -0.608. The zero-order valence-electron chi connectivity index (χ0n) is 20.4. The fourth-order valence-corrected chi connectivity index (χ4v) is 7.61. The molecule has 33 heavy (non-hydrogen) atoms. The Morgan fingerprint density at radius 2 is 2.15 bits per heavy atom. The second-order valence-electron chi connectivity index (χ2n) is 11.6. The Kier molecular flexibility index (Phi) is 6.82. The number of aromatic nitrogens is 2. The van der Waals surface area contributed by atoms with Gasteiger partial charge in [-0.2, -0.15) is 10.4 Å². The molecule has 0 amide bonds. The van der Waals surface area contributed by atoms with Crippen LogP contribution < -0.4 is 0 Å². The van der Waals surface area contributed by atoms with Gasteiger partial charge in [-0.3, -0.25) is 14.3 Å². The van der Waals surface area contributed by atoms with E-state index in [1.807, 2.05) is 13.0 Å². The van der Waals surface area contributed by atoms with Crippen molar-refractivity contribution in [1.29, 1.82) is 5.26 Å². The lowest BCUT2D eigenvalue weighted by atomic mass is 9.52. The summed E-state index contributed by atoms with van der Waals surface area (Å²) in [6.45, 7) is 6.32. The number of carbonyl (C=O) groups excluding carboxylic acids is 2. The number of unbranched alkanes of at least 4 members (excludes halogenated alkanes) is 1. The van der Waals surface area contributed by atoms with Crippen molar-refractivity contribution >= 4 is 11.6 Å². The molecule has 0 spiro atoms. The first-order valence-electron chi connectivity index (χ1n) is 12.9. The number of ketones is 2. The van der Waals surface area contributed by atoms with Gasteiger partial charge in [0.1, 0.15) is 11.9 Å². The van der Waals surface area contributed by atoms with E-state index in [-0.39, 0.29) is 29.9 Å². The van der Waals surface area contributed by atoms with Crippen LogP contribution in [0.1, 0.15) is 90.5 Å². The Morgan fingerprint density at radius 1 is 1.36 bits per heavy atom. The maximum atomic E-state index is 13.5. The number of nitriles is 1. The van der Waals surface area contributed by atoms with Crippen LogP contribution in [0.25, 0.3) is 0 Å². The molecule has 0 bridgehead atoms. The van der Waals surface area contributed by atoms with E-state index < -0.39 is 11.0 Å². The molecule has 1 aromatic heterocycles. The highest BCUT2D eigenvalue weighted by Crippen LogP contribution is 2.61. The van der Waals surface area contributed by atoms with Crippen molar-refractivity contribution in [2.24, 2.45) is 35.0 Å². The molecular weight excluding hydrogens is 414 g/mol. The van der Waals surface area contributed by atoms with E-state index in [0.29, 0.717) is 29.7 Å². The highest BCUT2D eigenvalue weighted by molar-refractivity contribution is 5.94. The summed E-state index contributed by atoms with van der Waals surface area (Å²) in [6.07, 6.45) is 12.5. The van der Waals surface area contributed by atoms with E-state index in [4.69, 9.17) is 5.26 Å². The number of hydrogen-bond acceptors (Lipinski definition) is 5. The standard InChI is InChI=1S/C27H39N3O3/c1-4-5-10-26(2,33)13-18-6-7-21-20(11-18)12-25(32)27(3)22(21)8-9-23(27)24(31)17-30-16-19(14-28)15-29-30/h15-16,18,20-23,33H,4-13,17H2,1-3H3/t18-,20+,21-,22+,23-,26?,27+/m1/s1. The van der Waals surface area contributed by atoms with Gasteiger partial charge < -0.3 is 5.11 Å². The van der Waals surface area contributed by atoms with Crippen molar-refractivity contribution in [3.05, 3.63) is 18.0 Å². The van der Waals surface area contributed by atoms with E-state index in [0.717, 1.165) is 57.8 Å². The average molecular weight is 454 g/mol. The number of aliphatic hydroxyl groups is 1. The third-order valence-electron chi connectivity index (χ3n) is 9.24. The molecule has 1 N–H and O–H groups in total. The number of carbonyl (C=O) groups is 2. The van der Waals surface area contributed by atoms with Crippen LogP contribution in [0.15, 0.2) is 12.4 Å². The Bertz CT molecular complexity index is 929. The molecule has 1 unspecified atom stereocenters. The van der Waals surface area contributed by atoms with Crippen LogP contribution in [0.5, 0.6) is 0 Å². The highest BCUT2D eigenvalue weighted by atomic mass is 16.3. The van der Waals surface area contributed by atoms with E-state index >= 15 is 0 Å². The summed E-state index contributed by atoms with van der Waals surface area (Å²) in [6, 6.07) is 2.04. The molecular formula is C27H39N3O3. The van der Waals surface area contributed by atoms with Crippen molar-refractivity contribution in [1.82, 2.24) is 9.78 Å². The molecule has 4 rings (SSSR count). The highest BCUT2D eigenvalue weighted by Gasteiger charge is 2.60. The van der Waals surface area contributed by atoms with Crippen molar-refractivity contribution in [3.63, 3.8) is 0 Å². The van der Waals surface area contributed by atoms with Gasteiger partial charge in [-0.1, -0.05) is 33.1 Å². The summed E-state index contributed by atoms with van der Waals surface area (Å²) in [5, 5.41) is 24.0. The lowest BCUT2D eigenvalue weighted by Gasteiger charge is -2.50. The van der Waals surface area contributed by atoms with Crippen LogP contribution in [-0.4, -0.2) is 32.1 Å². The summed E-state index contributed by atoms with van der Waals surface area (Å²) in [5.41, 5.74) is -0.729. The molecule has 0 saturated heterocycles. The number of fused-ring (bicyclic) bond motifs is 3. The van der Waals surface area contributed by atoms with Crippen molar-refractivity contribution in [2.45, 2.75) is 97.1 Å². The van der Waals surface area contributed by atoms with E-state index in [9.17, 15) is 14.7 Å². The maximum absolute atomic E-state index is 13.5. The van der Waals surface area contributed by atoms with Crippen LogP contribution in [0.4, 0.5) is 0 Å². The molecule has 1 heterocycles. The minimum absolute atomic E-state index is 0.0695. The fraction of sp³-hybridized carbons (Fsp3) is 0.778. The predicted molar refractivity (Wildman–Crippen MR) is 125 cm³/mol. The van der Waals surface area contributed by atoms with Gasteiger partial charge in [0, 0.05) is 24.0 Å². The summed E-state index contributed by atoms with van der Waals surface area (Å²) >= 11 is 0. The molecule has 1 aromatic rings. The molecule has 3 fully saturated rings. The Labute approximate surface area is 197 Å². The molecule has 3 aliphatic rings. The minimum Gasteiger partial charge on any atom is -0.390 e. The Balaban J connectivity index is 1.43. The largest absolute Gasteiger partial charge is 0.390 e. The summed E-state index contributed by atoms with van der Waals surface area (Å²) in [4.78, 5) is 26.8. The van der Waals surface area contributed by atoms with Gasteiger partial charge in [-0.15, -0.1) is 0 Å². The van der Waals surface area contributed by atoms with Crippen molar-refractivity contribution in [3.8, 4) is 6.07 Å². The van der Waals surface area contributed by atoms with Gasteiger partial charge in [0.15, 0.2) is 5.78 Å². The molecule has 0 aromatic carbocycles. The monoisotopic (exact) mass is 453 g/mol. The van der Waals surface area contributed by atoms with E-state index in [2.05, 4.69) is 18.9 Å². The first kappa shape index (κ1) is 24.1. The zero-order valence-corrected chi connectivity index (χ0v) is 20.4. The molecule has 3 aliphatic carbocycles. The van der Waals surface area contributed by atoms with Gasteiger partial charge in [0.2, 0.25) is 0 Å². The van der Waals surface area contributed by atoms with E-state index in [1.165, 1.54) is 10.9 Å². The molecule has 6 nitrogen and oxygen atoms in total. The smallest absolute Gasteiger partial charge is 0.158 e. The summed E-state index contributed by atoms with van der Waals surface area (Å²) in [5.74, 6) is 1.76. The predicted octanol–water partition coefficient (Wildman–Crippen LogP) is 4.69. The van der Waals surface area contributed by atoms with Crippen LogP contribution >= 0.6 is 0 Å². The van der Waals surface area contributed by atoms with Gasteiger partial charge in [0.25, 0.3) is 0 Å². The van der Waals surface area contributed by atoms with Crippen LogP contribution in [0, 0.1) is 46.3 Å². The lowest BCUT2D eigenvalue weighted by molar-refractivity contribution is -0.149. The first-order valence-corrected chi connectivity index (χ1v) is 12.9. The van der Waals surface area contributed by atoms with E-state index in [1.54, 1.807) is 6.20 Å². The molecule has 7 atom stereocenters. The first-order chi connectivity index (χ1) is 15.7. The second-order valence-corrected chi connectivity index (χ2v) is 11.6. The van der Waals surface area contributed by atoms with Crippen molar-refractivity contribution < 1.29 is 14.7 Å². The maximum Gasteiger partial charge on any atom is 0.158 e. The topological polar surface area (TPSA) is 96.0 Å². The number of nitrogens with zero attached hydrogens (tertiary/aromatic N) is 3. The van der Waals surface area contributed by atoms with Gasteiger partial charge >= 0.3 is 0 Å². The summed E-state index contributed by atoms with van der Waals surface area (Å²) < 4.78 is 1.53. The number of Topliss-reactive ketones (excluding diaryl/α,β-unsaturated/α-hetero) is 2. The SMILES string of the molecule is CCCCC(C)(O)C[C@@H]1CC[C@@H]2[C@H](CC(=O)[C@]3(C)[C@@H](C(=O)Cn4cc(C#N)cn4)CC[C@@H]23)C1. The zero-order chi connectivity index (χ0) is 23.8. The molecule has 3 saturated carbocycles. The number of hydrogen-bond donors (Lipinski definition) is 1. The van der Waals surface area contributed by atoms with Gasteiger partial charge in [0.05, 0.1) is 23.9 Å². The average Bonchev–Trinajstić information content (AvgIpc) is 3.37. The quantitative estimate of drug-likeness (QED) is 0.616. The molecule has 6 heteroatoms. The summed E-state index contributed by atoms with van der Waals surface area (Å²) in [7, 11) is 0. The van der Waals surface area contributed by atoms with Crippen LogP contribution in [-0.2, 0) is 16.1 Å².